The summed E-state index contributed by atoms with van der Waals surface area (Å²) in [6, 6.07) is 17.7. The molecule has 0 bridgehead atoms. The van der Waals surface area contributed by atoms with Gasteiger partial charge < -0.3 is 9.88 Å². The number of para-hydroxylation sites is 1. The molecule has 1 aromatic heterocycles. The molecule has 6 heteroatoms. The molecule has 0 radical (unpaired) electrons. The normalized spacial score (nSPS) is 17.1. The number of likely N-dealkylation sites (N-methyl/N-ethyl adjacent to an activating group) is 1. The highest BCUT2D eigenvalue weighted by Gasteiger charge is 2.20. The lowest BCUT2D eigenvalue weighted by molar-refractivity contribution is 0.185. The van der Waals surface area contributed by atoms with Gasteiger partial charge in [0.15, 0.2) is 0 Å². The van der Waals surface area contributed by atoms with Crippen LogP contribution in [0.4, 0.5) is 5.69 Å². The van der Waals surface area contributed by atoms with Crippen LogP contribution in [0.3, 0.4) is 0 Å². The highest BCUT2D eigenvalue weighted by atomic mass is 32.2. The summed E-state index contributed by atoms with van der Waals surface area (Å²) in [4.78, 5) is 5.99. The first-order chi connectivity index (χ1) is 14.2. The van der Waals surface area contributed by atoms with Crippen molar-refractivity contribution in [2.45, 2.75) is 38.1 Å². The molecule has 0 aliphatic carbocycles. The van der Waals surface area contributed by atoms with Gasteiger partial charge in [-0.15, -0.1) is 0 Å². The molecule has 4 nitrogen and oxygen atoms in total. The Morgan fingerprint density at radius 3 is 2.80 bits per heavy atom. The van der Waals surface area contributed by atoms with Crippen molar-refractivity contribution in [3.05, 3.63) is 65.9 Å². The summed E-state index contributed by atoms with van der Waals surface area (Å²) in [7, 11) is 4.30. The topological polar surface area (TPSA) is 31.5 Å². The molecule has 2 aromatic carbocycles. The molecule has 1 atom stereocenters. The van der Waals surface area contributed by atoms with Gasteiger partial charge in [0.25, 0.3) is 0 Å². The van der Waals surface area contributed by atoms with Gasteiger partial charge in [-0.05, 0) is 74.7 Å². The van der Waals surface area contributed by atoms with E-state index in [4.69, 9.17) is 4.18 Å². The molecule has 3 aromatic rings. The van der Waals surface area contributed by atoms with E-state index in [1.165, 1.54) is 60.1 Å². The van der Waals surface area contributed by atoms with Crippen molar-refractivity contribution in [1.29, 1.82) is 0 Å². The maximum Gasteiger partial charge on any atom is 0.114 e. The maximum absolute atomic E-state index is 5.84. The Labute approximate surface area is 191 Å². The first kappa shape index (κ1) is 23.1. The van der Waals surface area contributed by atoms with E-state index in [9.17, 15) is 0 Å². The molecular weight excluding hydrogens is 410 g/mol. The van der Waals surface area contributed by atoms with Gasteiger partial charge in [0, 0.05) is 35.9 Å². The van der Waals surface area contributed by atoms with Crippen LogP contribution in [-0.2, 0) is 17.0 Å². The average molecular weight is 444 g/mol. The number of rotatable bonds is 8. The quantitative estimate of drug-likeness (QED) is 0.280. The number of nitrogens with zero attached hydrogens (tertiary/aromatic N) is 2. The third-order valence-corrected chi connectivity index (χ3v) is 6.67. The molecule has 4 rings (SSSR count). The van der Waals surface area contributed by atoms with Crippen LogP contribution in [0.1, 0.15) is 30.4 Å². The number of benzene rings is 2. The molecule has 1 aliphatic heterocycles. The van der Waals surface area contributed by atoms with Crippen LogP contribution in [0.15, 0.2) is 54.7 Å². The first-order valence-electron chi connectivity index (χ1n) is 10.6. The number of hydrogen-bond donors (Lipinski definition) is 1. The molecule has 1 aliphatic rings. The highest BCUT2D eigenvalue weighted by molar-refractivity contribution is 7.96. The van der Waals surface area contributed by atoms with E-state index in [1.54, 1.807) is 0 Å². The smallest absolute Gasteiger partial charge is 0.114 e. The summed E-state index contributed by atoms with van der Waals surface area (Å²) in [5.74, 6) is 0. The lowest BCUT2D eigenvalue weighted by Crippen LogP contribution is -2.37. The second-order valence-corrected chi connectivity index (χ2v) is 8.94. The van der Waals surface area contributed by atoms with E-state index < -0.39 is 0 Å². The highest BCUT2D eigenvalue weighted by Crippen LogP contribution is 2.26. The van der Waals surface area contributed by atoms with E-state index >= 15 is 0 Å². The van der Waals surface area contributed by atoms with Gasteiger partial charge in [-0.25, -0.2) is 0 Å². The maximum atomic E-state index is 5.84. The number of fused-ring (bicyclic) bond motifs is 1. The van der Waals surface area contributed by atoms with Crippen molar-refractivity contribution >= 4 is 42.3 Å². The Morgan fingerprint density at radius 1 is 1.17 bits per heavy atom. The molecule has 30 heavy (non-hydrogen) atoms. The second-order valence-electron chi connectivity index (χ2n) is 8.01. The zero-order valence-corrected chi connectivity index (χ0v) is 19.8. The van der Waals surface area contributed by atoms with Crippen LogP contribution in [0.25, 0.3) is 10.9 Å². The summed E-state index contributed by atoms with van der Waals surface area (Å²) in [5, 5.41) is 1.37. The van der Waals surface area contributed by atoms with Crippen molar-refractivity contribution in [2.75, 3.05) is 31.6 Å². The van der Waals surface area contributed by atoms with Crippen molar-refractivity contribution in [3.8, 4) is 0 Å². The largest absolute Gasteiger partial charge is 0.361 e. The van der Waals surface area contributed by atoms with Crippen LogP contribution in [0.2, 0.25) is 0 Å². The van der Waals surface area contributed by atoms with Gasteiger partial charge in [0.2, 0.25) is 0 Å². The lowest BCUT2D eigenvalue weighted by atomic mass is 9.95. The number of anilines is 1. The minimum Gasteiger partial charge on any atom is -0.361 e. The number of aromatic amines is 1. The number of likely N-dealkylation sites (tertiary alicyclic amines) is 1. The Bertz CT molecular complexity index is 915. The van der Waals surface area contributed by atoms with Crippen molar-refractivity contribution < 1.29 is 4.18 Å². The molecule has 162 valence electrons. The molecule has 0 saturated carbocycles. The number of H-pyrrole nitrogens is 1. The summed E-state index contributed by atoms with van der Waals surface area (Å²) in [6.07, 6.45) is 8.26. The van der Waals surface area contributed by atoms with Gasteiger partial charge in [-0.1, -0.05) is 30.7 Å². The second kappa shape index (κ2) is 11.1. The van der Waals surface area contributed by atoms with Crippen LogP contribution in [0, 0.1) is 0 Å². The minimum absolute atomic E-state index is 0. The number of piperidine rings is 1. The monoisotopic (exact) mass is 443 g/mol. The SMILES string of the molecule is CN(SOCCc1ccc2[nH]cc(CC3CCCCN3C)c2c1)c1ccccc1.S. The van der Waals surface area contributed by atoms with E-state index in [1.807, 2.05) is 29.6 Å². The summed E-state index contributed by atoms with van der Waals surface area (Å²) in [6.45, 7) is 1.92. The zero-order valence-electron chi connectivity index (χ0n) is 17.9. The number of hydrogen-bond acceptors (Lipinski definition) is 4. The average Bonchev–Trinajstić information content (AvgIpc) is 3.15. The summed E-state index contributed by atoms with van der Waals surface area (Å²) < 4.78 is 7.89. The Morgan fingerprint density at radius 2 is 2.00 bits per heavy atom. The zero-order chi connectivity index (χ0) is 20.1. The van der Waals surface area contributed by atoms with Gasteiger partial charge in [0.05, 0.1) is 6.61 Å². The van der Waals surface area contributed by atoms with Crippen LogP contribution in [0.5, 0.6) is 0 Å². The van der Waals surface area contributed by atoms with E-state index in [2.05, 4.69) is 53.5 Å². The fourth-order valence-corrected chi connectivity index (χ4v) is 4.69. The van der Waals surface area contributed by atoms with Crippen LogP contribution >= 0.6 is 25.7 Å². The molecule has 2 heterocycles. The van der Waals surface area contributed by atoms with Gasteiger partial charge in [0.1, 0.15) is 12.2 Å². The Balaban J connectivity index is 0.00000256. The molecule has 1 unspecified atom stereocenters. The van der Waals surface area contributed by atoms with E-state index in [-0.39, 0.29) is 13.5 Å². The number of nitrogens with one attached hydrogen (secondary N) is 1. The van der Waals surface area contributed by atoms with Gasteiger partial charge in [-0.2, -0.15) is 13.5 Å². The molecule has 1 saturated heterocycles. The molecule has 0 spiro atoms. The Hall–Kier alpha value is -1.60. The minimum atomic E-state index is 0. The molecular formula is C24H33N3OS2. The first-order valence-corrected chi connectivity index (χ1v) is 11.3. The van der Waals surface area contributed by atoms with Crippen molar-refractivity contribution in [2.24, 2.45) is 0 Å². The lowest BCUT2D eigenvalue weighted by Gasteiger charge is -2.32. The molecule has 1 fully saturated rings. The summed E-state index contributed by atoms with van der Waals surface area (Å²) in [5.41, 5.74) is 5.16. The van der Waals surface area contributed by atoms with E-state index in [0.717, 1.165) is 18.5 Å². The Kier molecular flexibility index (Phi) is 8.57. The van der Waals surface area contributed by atoms with Crippen LogP contribution in [-0.4, -0.2) is 43.2 Å². The fourth-order valence-electron chi connectivity index (χ4n) is 4.16. The molecule has 0 amide bonds. The third kappa shape index (κ3) is 5.76. The van der Waals surface area contributed by atoms with Gasteiger partial charge >= 0.3 is 0 Å². The standard InChI is InChI=1S/C24H31N3OS.H2S/c1-26-14-7-6-10-22(26)17-20-18-25-24-12-11-19(16-23(20)24)13-15-28-29-27(2)21-8-4-3-5-9-21;/h3-5,8-9,11-12,16,18,22,25H,6-7,10,13-15,17H2,1-2H3;1H2. The predicted octanol–water partition coefficient (Wildman–Crippen LogP) is 5.57. The molecule has 1 N–H and O–H groups in total. The van der Waals surface area contributed by atoms with Crippen molar-refractivity contribution in [3.63, 3.8) is 0 Å². The van der Waals surface area contributed by atoms with Gasteiger partial charge in [-0.3, -0.25) is 8.49 Å². The van der Waals surface area contributed by atoms with Crippen molar-refractivity contribution in [1.82, 2.24) is 9.88 Å². The predicted molar refractivity (Wildman–Crippen MR) is 135 cm³/mol. The fraction of sp³-hybridized carbons (Fsp3) is 0.417. The third-order valence-electron chi connectivity index (χ3n) is 5.97. The summed E-state index contributed by atoms with van der Waals surface area (Å²) >= 11 is 1.40. The number of aromatic nitrogens is 1. The van der Waals surface area contributed by atoms with E-state index in [0.29, 0.717) is 12.6 Å². The van der Waals surface area contributed by atoms with Crippen LogP contribution < -0.4 is 4.31 Å².